The van der Waals surface area contributed by atoms with Crippen molar-refractivity contribution < 1.29 is 14.6 Å². The molecule has 2 rings (SSSR count). The number of rotatable bonds is 4. The Labute approximate surface area is 109 Å². The summed E-state index contributed by atoms with van der Waals surface area (Å²) < 4.78 is 5.61. The number of para-hydroxylation sites is 1. The van der Waals surface area contributed by atoms with Crippen LogP contribution in [0.1, 0.15) is 25.9 Å². The van der Waals surface area contributed by atoms with Crippen LogP contribution in [0.2, 0.25) is 0 Å². The van der Waals surface area contributed by atoms with E-state index >= 15 is 0 Å². The molecule has 1 heterocycles. The van der Waals surface area contributed by atoms with Gasteiger partial charge in [0.25, 0.3) is 0 Å². The number of carboxylic acid groups (broad SMARTS) is 1. The standard InChI is InChI=1S/C13H13NO3S/c1-8-5-3-4-6-10(8)17-7-11-14-9(2)12(18-11)13(15)16/h3-6H,7H2,1-2H3,(H,15,16)/p-1. The molecule has 0 saturated heterocycles. The summed E-state index contributed by atoms with van der Waals surface area (Å²) in [6.07, 6.45) is 0. The topological polar surface area (TPSA) is 62.2 Å². The molecule has 0 aliphatic heterocycles. The molecule has 0 atom stereocenters. The molecule has 0 unspecified atom stereocenters. The molecule has 4 nitrogen and oxygen atoms in total. The summed E-state index contributed by atoms with van der Waals surface area (Å²) in [6, 6.07) is 7.65. The van der Waals surface area contributed by atoms with E-state index in [4.69, 9.17) is 4.74 Å². The van der Waals surface area contributed by atoms with Crippen LogP contribution in [0.25, 0.3) is 0 Å². The number of hydrogen-bond donors (Lipinski definition) is 0. The summed E-state index contributed by atoms with van der Waals surface area (Å²) >= 11 is 1.09. The largest absolute Gasteiger partial charge is 0.544 e. The predicted molar refractivity (Wildman–Crippen MR) is 66.7 cm³/mol. The average Bonchev–Trinajstić information content (AvgIpc) is 2.70. The van der Waals surface area contributed by atoms with E-state index in [2.05, 4.69) is 4.98 Å². The zero-order valence-corrected chi connectivity index (χ0v) is 10.9. The lowest BCUT2D eigenvalue weighted by atomic mass is 10.2. The first-order valence-electron chi connectivity index (χ1n) is 5.44. The minimum Gasteiger partial charge on any atom is -0.544 e. The fourth-order valence-corrected chi connectivity index (χ4v) is 2.37. The van der Waals surface area contributed by atoms with Crippen molar-refractivity contribution >= 4 is 17.3 Å². The van der Waals surface area contributed by atoms with Crippen molar-refractivity contribution in [2.75, 3.05) is 0 Å². The number of aromatic carboxylic acids is 1. The van der Waals surface area contributed by atoms with Crippen LogP contribution in [0.15, 0.2) is 24.3 Å². The van der Waals surface area contributed by atoms with Gasteiger partial charge in [-0.05, 0) is 25.5 Å². The maximum Gasteiger partial charge on any atom is 0.140 e. The minimum atomic E-state index is -1.19. The van der Waals surface area contributed by atoms with Crippen molar-refractivity contribution in [1.29, 1.82) is 0 Å². The average molecular weight is 262 g/mol. The fraction of sp³-hybridized carbons (Fsp3) is 0.231. The Morgan fingerprint density at radius 1 is 1.39 bits per heavy atom. The molecule has 94 valence electrons. The van der Waals surface area contributed by atoms with Crippen LogP contribution in [0.3, 0.4) is 0 Å². The van der Waals surface area contributed by atoms with Crippen molar-refractivity contribution in [2.45, 2.75) is 20.5 Å². The Bertz CT molecular complexity index is 577. The Morgan fingerprint density at radius 2 is 2.11 bits per heavy atom. The van der Waals surface area contributed by atoms with Gasteiger partial charge in [0, 0.05) is 0 Å². The van der Waals surface area contributed by atoms with E-state index in [9.17, 15) is 9.90 Å². The van der Waals surface area contributed by atoms with Crippen molar-refractivity contribution in [1.82, 2.24) is 4.98 Å². The third-order valence-electron chi connectivity index (χ3n) is 2.47. The van der Waals surface area contributed by atoms with Crippen LogP contribution in [0.5, 0.6) is 5.75 Å². The first-order valence-corrected chi connectivity index (χ1v) is 6.25. The number of carbonyl (C=O) groups is 1. The highest BCUT2D eigenvalue weighted by Crippen LogP contribution is 2.21. The molecule has 18 heavy (non-hydrogen) atoms. The molecule has 0 aliphatic carbocycles. The summed E-state index contributed by atoms with van der Waals surface area (Å²) in [5, 5.41) is 11.4. The number of hydrogen-bond acceptors (Lipinski definition) is 5. The number of ether oxygens (including phenoxy) is 1. The van der Waals surface area contributed by atoms with E-state index in [1.54, 1.807) is 6.92 Å². The SMILES string of the molecule is Cc1ccccc1OCc1nc(C)c(C(=O)[O-])s1. The minimum absolute atomic E-state index is 0.165. The second-order valence-corrected chi connectivity index (χ2v) is 4.95. The number of aromatic nitrogens is 1. The summed E-state index contributed by atoms with van der Waals surface area (Å²) in [5.41, 5.74) is 1.51. The van der Waals surface area contributed by atoms with Crippen LogP contribution < -0.4 is 9.84 Å². The van der Waals surface area contributed by atoms with Gasteiger partial charge in [-0.1, -0.05) is 18.2 Å². The number of benzene rings is 1. The molecule has 1 aromatic heterocycles. The molecule has 0 saturated carbocycles. The number of carboxylic acids is 1. The maximum absolute atomic E-state index is 10.8. The third kappa shape index (κ3) is 2.68. The van der Waals surface area contributed by atoms with E-state index in [1.807, 2.05) is 31.2 Å². The number of carbonyl (C=O) groups excluding carboxylic acids is 1. The van der Waals surface area contributed by atoms with Crippen LogP contribution in [-0.4, -0.2) is 11.0 Å². The maximum atomic E-state index is 10.8. The number of aryl methyl sites for hydroxylation is 2. The van der Waals surface area contributed by atoms with Gasteiger partial charge in [-0.15, -0.1) is 11.3 Å². The van der Waals surface area contributed by atoms with Gasteiger partial charge in [0.15, 0.2) is 0 Å². The van der Waals surface area contributed by atoms with E-state index in [-0.39, 0.29) is 11.5 Å². The van der Waals surface area contributed by atoms with Gasteiger partial charge in [-0.25, -0.2) is 4.98 Å². The van der Waals surface area contributed by atoms with E-state index in [0.717, 1.165) is 22.6 Å². The van der Waals surface area contributed by atoms with Crippen molar-refractivity contribution in [3.8, 4) is 5.75 Å². The monoisotopic (exact) mass is 262 g/mol. The lowest BCUT2D eigenvalue weighted by Crippen LogP contribution is -2.21. The summed E-state index contributed by atoms with van der Waals surface area (Å²) in [7, 11) is 0. The zero-order chi connectivity index (χ0) is 13.1. The second kappa shape index (κ2) is 5.18. The van der Waals surface area contributed by atoms with E-state index in [0.29, 0.717) is 10.7 Å². The van der Waals surface area contributed by atoms with Crippen molar-refractivity contribution in [3.05, 3.63) is 45.4 Å². The Hall–Kier alpha value is -1.88. The van der Waals surface area contributed by atoms with Gasteiger partial charge in [0.2, 0.25) is 0 Å². The Balaban J connectivity index is 2.09. The molecule has 2 aromatic rings. The van der Waals surface area contributed by atoms with Crippen molar-refractivity contribution in [2.24, 2.45) is 0 Å². The summed E-state index contributed by atoms with van der Waals surface area (Å²) in [5.74, 6) is -0.410. The summed E-state index contributed by atoms with van der Waals surface area (Å²) in [6.45, 7) is 3.87. The Kier molecular flexibility index (Phi) is 3.62. The molecule has 0 spiro atoms. The van der Waals surface area contributed by atoms with Crippen LogP contribution >= 0.6 is 11.3 Å². The zero-order valence-electron chi connectivity index (χ0n) is 10.1. The molecule has 0 aliphatic rings. The van der Waals surface area contributed by atoms with Gasteiger partial charge in [-0.2, -0.15) is 0 Å². The quantitative estimate of drug-likeness (QED) is 0.841. The molecule has 1 aromatic carbocycles. The molecule has 0 bridgehead atoms. The van der Waals surface area contributed by atoms with Gasteiger partial charge >= 0.3 is 0 Å². The second-order valence-electron chi connectivity index (χ2n) is 3.86. The smallest absolute Gasteiger partial charge is 0.140 e. The Morgan fingerprint density at radius 3 is 2.72 bits per heavy atom. The molecule has 5 heteroatoms. The van der Waals surface area contributed by atoms with Gasteiger partial charge in [0.05, 0.1) is 16.5 Å². The summed E-state index contributed by atoms with van der Waals surface area (Å²) in [4.78, 5) is 15.1. The first kappa shape index (κ1) is 12.6. The number of nitrogens with zero attached hydrogens (tertiary/aromatic N) is 1. The molecular formula is C13H12NO3S-. The highest BCUT2D eigenvalue weighted by atomic mass is 32.1. The van der Waals surface area contributed by atoms with Crippen LogP contribution in [0.4, 0.5) is 0 Å². The highest BCUT2D eigenvalue weighted by Gasteiger charge is 2.09. The van der Waals surface area contributed by atoms with E-state index < -0.39 is 5.97 Å². The third-order valence-corrected chi connectivity index (χ3v) is 3.58. The molecular weight excluding hydrogens is 250 g/mol. The van der Waals surface area contributed by atoms with Crippen molar-refractivity contribution in [3.63, 3.8) is 0 Å². The van der Waals surface area contributed by atoms with Crippen LogP contribution in [-0.2, 0) is 6.61 Å². The molecule has 0 amide bonds. The molecule has 0 radical (unpaired) electrons. The fourth-order valence-electron chi connectivity index (χ4n) is 1.56. The predicted octanol–water partition coefficient (Wildman–Crippen LogP) is 1.70. The lowest BCUT2D eigenvalue weighted by Gasteiger charge is -2.06. The highest BCUT2D eigenvalue weighted by molar-refractivity contribution is 7.13. The number of thiazole rings is 1. The first-order chi connectivity index (χ1) is 8.58. The van der Waals surface area contributed by atoms with Gasteiger partial charge in [-0.3, -0.25) is 0 Å². The molecule has 0 fully saturated rings. The molecule has 0 N–H and O–H groups in total. The van der Waals surface area contributed by atoms with Gasteiger partial charge < -0.3 is 14.6 Å². The lowest BCUT2D eigenvalue weighted by molar-refractivity contribution is -0.254. The van der Waals surface area contributed by atoms with E-state index in [1.165, 1.54) is 0 Å². The normalized spacial score (nSPS) is 10.3. The van der Waals surface area contributed by atoms with Crippen LogP contribution in [0, 0.1) is 13.8 Å². The van der Waals surface area contributed by atoms with Gasteiger partial charge in [0.1, 0.15) is 17.4 Å².